The fraction of sp³-hybridized carbons (Fsp3) is 0.0612. The van der Waals surface area contributed by atoms with E-state index in [9.17, 15) is 0 Å². The fourth-order valence-electron chi connectivity index (χ4n) is 8.65. The lowest BCUT2D eigenvalue weighted by molar-refractivity contribution is 0.660. The van der Waals surface area contributed by atoms with Crippen molar-refractivity contribution < 1.29 is 4.42 Å². The van der Waals surface area contributed by atoms with Gasteiger partial charge in [-0.2, -0.15) is 0 Å². The van der Waals surface area contributed by atoms with Crippen LogP contribution in [0.25, 0.3) is 75.1 Å². The van der Waals surface area contributed by atoms with Crippen LogP contribution in [-0.4, -0.2) is 0 Å². The average Bonchev–Trinajstić information content (AvgIpc) is 3.81. The summed E-state index contributed by atoms with van der Waals surface area (Å²) in [5, 5.41) is 7.47. The van der Waals surface area contributed by atoms with Crippen LogP contribution in [0.5, 0.6) is 0 Å². The van der Waals surface area contributed by atoms with Crippen LogP contribution in [0.1, 0.15) is 25.0 Å². The highest BCUT2D eigenvalue weighted by Gasteiger charge is 2.35. The largest absolute Gasteiger partial charge is 0.456 e. The molecule has 1 aliphatic rings. The van der Waals surface area contributed by atoms with Gasteiger partial charge in [0.2, 0.25) is 0 Å². The number of fused-ring (bicyclic) bond motifs is 10. The van der Waals surface area contributed by atoms with E-state index >= 15 is 0 Å². The molecule has 8 aromatic carbocycles. The van der Waals surface area contributed by atoms with Crippen molar-refractivity contribution in [2.24, 2.45) is 0 Å². The first-order chi connectivity index (χ1) is 25.5. The van der Waals surface area contributed by atoms with Gasteiger partial charge in [0.05, 0.1) is 0 Å². The van der Waals surface area contributed by atoms with Gasteiger partial charge in [0.15, 0.2) is 0 Å². The normalized spacial score (nSPS) is 13.3. The Morgan fingerprint density at radius 1 is 0.462 bits per heavy atom. The topological polar surface area (TPSA) is 16.4 Å². The van der Waals surface area contributed by atoms with E-state index in [0.29, 0.717) is 0 Å². The molecule has 0 N–H and O–H groups in total. The van der Waals surface area contributed by atoms with Gasteiger partial charge >= 0.3 is 0 Å². The maximum atomic E-state index is 6.41. The molecule has 2 heterocycles. The smallest absolute Gasteiger partial charge is 0.137 e. The second kappa shape index (κ2) is 10.9. The third-order valence-corrected chi connectivity index (χ3v) is 12.4. The van der Waals surface area contributed by atoms with E-state index in [-0.39, 0.29) is 5.41 Å². The number of thiophene rings is 1. The lowest BCUT2D eigenvalue weighted by Gasteiger charge is -2.27. The first kappa shape index (κ1) is 29.6. The predicted octanol–water partition coefficient (Wildman–Crippen LogP) is 14.6. The monoisotopic (exact) mass is 683 g/mol. The van der Waals surface area contributed by atoms with Crippen molar-refractivity contribution in [2.45, 2.75) is 19.3 Å². The molecule has 1 aliphatic carbocycles. The van der Waals surface area contributed by atoms with Crippen molar-refractivity contribution in [3.05, 3.63) is 175 Å². The van der Waals surface area contributed by atoms with E-state index in [0.717, 1.165) is 39.0 Å². The number of anilines is 3. The third-order valence-electron chi connectivity index (χ3n) is 11.2. The summed E-state index contributed by atoms with van der Waals surface area (Å²) in [6.07, 6.45) is 0. The van der Waals surface area contributed by atoms with E-state index < -0.39 is 0 Å². The molecule has 0 atom stereocenters. The van der Waals surface area contributed by atoms with E-state index in [1.807, 2.05) is 23.5 Å². The molecule has 0 bridgehead atoms. The summed E-state index contributed by atoms with van der Waals surface area (Å²) in [6.45, 7) is 4.67. The lowest BCUT2D eigenvalue weighted by Crippen LogP contribution is -2.15. The first-order valence-corrected chi connectivity index (χ1v) is 18.7. The second-order valence-corrected chi connectivity index (χ2v) is 15.6. The Hall–Kier alpha value is -6.16. The SMILES string of the molecule is CC1(C)c2ccccc2-c2cc(N(c3ccc(-c4cccc5c4sc4cc6ccccc6cc45)cc3)c3ccc4c(c3)oc3ccccc34)ccc21. The molecule has 0 fully saturated rings. The Kier molecular flexibility index (Phi) is 6.21. The zero-order valence-corrected chi connectivity index (χ0v) is 29.7. The second-order valence-electron chi connectivity index (χ2n) is 14.5. The van der Waals surface area contributed by atoms with Gasteiger partial charge < -0.3 is 9.32 Å². The molecular formula is C49H33NOS. The van der Waals surface area contributed by atoms with Gasteiger partial charge in [0.25, 0.3) is 0 Å². The zero-order chi connectivity index (χ0) is 34.6. The molecule has 0 radical (unpaired) electrons. The third kappa shape index (κ3) is 4.30. The van der Waals surface area contributed by atoms with Crippen LogP contribution in [0.4, 0.5) is 17.1 Å². The Bertz CT molecular complexity index is 3050. The van der Waals surface area contributed by atoms with Crippen LogP contribution in [0.15, 0.2) is 168 Å². The fourth-order valence-corrected chi connectivity index (χ4v) is 9.92. The molecule has 2 nitrogen and oxygen atoms in total. The van der Waals surface area contributed by atoms with Gasteiger partial charge in [0, 0.05) is 59.5 Å². The summed E-state index contributed by atoms with van der Waals surface area (Å²) in [5.41, 5.74) is 12.9. The molecule has 11 rings (SSSR count). The number of rotatable bonds is 4. The Morgan fingerprint density at radius 3 is 2.00 bits per heavy atom. The van der Waals surface area contributed by atoms with Crippen molar-refractivity contribution in [1.29, 1.82) is 0 Å². The van der Waals surface area contributed by atoms with Gasteiger partial charge in [-0.1, -0.05) is 117 Å². The standard InChI is InChI=1S/C49H33NOS/c1-49(2)43-16-7-5-12-37(43)41-28-34(23-25-44(41)49)50(35-22-24-39-38-13-6-8-17-45(38)51-46(39)29-35)33-20-18-30(19-21-33)36-14-9-15-40-42-26-31-10-3-4-11-32(31)27-47(42)52-48(36)40/h3-29H,1-2H3. The van der Waals surface area contributed by atoms with Crippen LogP contribution in [0.2, 0.25) is 0 Å². The first-order valence-electron chi connectivity index (χ1n) is 17.9. The van der Waals surface area contributed by atoms with Gasteiger partial charge in [-0.25, -0.2) is 0 Å². The molecule has 0 saturated heterocycles. The van der Waals surface area contributed by atoms with Crippen molar-refractivity contribution in [3.63, 3.8) is 0 Å². The minimum Gasteiger partial charge on any atom is -0.456 e. The van der Waals surface area contributed by atoms with Crippen molar-refractivity contribution in [3.8, 4) is 22.3 Å². The molecule has 0 unspecified atom stereocenters. The molecule has 246 valence electrons. The summed E-state index contributed by atoms with van der Waals surface area (Å²) >= 11 is 1.89. The van der Waals surface area contributed by atoms with Gasteiger partial charge in [-0.15, -0.1) is 11.3 Å². The van der Waals surface area contributed by atoms with Crippen LogP contribution in [0, 0.1) is 0 Å². The predicted molar refractivity (Wildman–Crippen MR) is 222 cm³/mol. The van der Waals surface area contributed by atoms with Crippen LogP contribution >= 0.6 is 11.3 Å². The van der Waals surface area contributed by atoms with E-state index in [1.54, 1.807) is 0 Å². The van der Waals surface area contributed by atoms with Gasteiger partial charge in [-0.3, -0.25) is 0 Å². The molecule has 0 aliphatic heterocycles. The van der Waals surface area contributed by atoms with Crippen molar-refractivity contribution in [2.75, 3.05) is 4.90 Å². The lowest BCUT2D eigenvalue weighted by atomic mass is 9.82. The number of hydrogen-bond donors (Lipinski definition) is 0. The molecule has 10 aromatic rings. The van der Waals surface area contributed by atoms with Crippen LogP contribution in [0.3, 0.4) is 0 Å². The van der Waals surface area contributed by atoms with Crippen molar-refractivity contribution in [1.82, 2.24) is 0 Å². The molecule has 0 amide bonds. The molecule has 0 saturated carbocycles. The minimum atomic E-state index is -0.0511. The summed E-state index contributed by atoms with van der Waals surface area (Å²) in [4.78, 5) is 2.37. The molecular weight excluding hydrogens is 651 g/mol. The summed E-state index contributed by atoms with van der Waals surface area (Å²) in [7, 11) is 0. The number of hydrogen-bond acceptors (Lipinski definition) is 3. The average molecular weight is 684 g/mol. The van der Waals surface area contributed by atoms with E-state index in [2.05, 4.69) is 170 Å². The molecule has 0 spiro atoms. The molecule has 2 aromatic heterocycles. The molecule has 52 heavy (non-hydrogen) atoms. The number of benzene rings is 8. The number of nitrogens with zero attached hydrogens (tertiary/aromatic N) is 1. The summed E-state index contributed by atoms with van der Waals surface area (Å²) < 4.78 is 9.06. The minimum absolute atomic E-state index is 0.0511. The van der Waals surface area contributed by atoms with E-state index in [4.69, 9.17) is 4.42 Å². The Morgan fingerprint density at radius 2 is 1.12 bits per heavy atom. The Labute approximate surface area is 305 Å². The number of furan rings is 1. The zero-order valence-electron chi connectivity index (χ0n) is 28.9. The maximum Gasteiger partial charge on any atom is 0.137 e. The van der Waals surface area contributed by atoms with Gasteiger partial charge in [-0.05, 0) is 98.8 Å². The summed E-state index contributed by atoms with van der Waals surface area (Å²) in [5.74, 6) is 0. The highest BCUT2D eigenvalue weighted by atomic mass is 32.1. The number of para-hydroxylation sites is 1. The van der Waals surface area contributed by atoms with Crippen LogP contribution < -0.4 is 4.90 Å². The van der Waals surface area contributed by atoms with E-state index in [1.165, 1.54) is 64.3 Å². The maximum absolute atomic E-state index is 6.41. The quantitative estimate of drug-likeness (QED) is 0.184. The highest BCUT2D eigenvalue weighted by Crippen LogP contribution is 2.51. The Balaban J connectivity index is 1.07. The van der Waals surface area contributed by atoms with Crippen LogP contribution in [-0.2, 0) is 5.41 Å². The molecule has 3 heteroatoms. The summed E-state index contributed by atoms with van der Waals surface area (Å²) in [6, 6.07) is 59.9. The van der Waals surface area contributed by atoms with Gasteiger partial charge in [0.1, 0.15) is 11.2 Å². The van der Waals surface area contributed by atoms with Crippen molar-refractivity contribution >= 4 is 81.3 Å². The highest BCUT2D eigenvalue weighted by molar-refractivity contribution is 7.26.